The Kier molecular flexibility index (Phi) is 3.68. The van der Waals surface area contributed by atoms with Crippen molar-refractivity contribution in [2.24, 2.45) is 5.92 Å². The van der Waals surface area contributed by atoms with Crippen LogP contribution >= 0.6 is 0 Å². The van der Waals surface area contributed by atoms with Gasteiger partial charge < -0.3 is 10.5 Å². The highest BCUT2D eigenvalue weighted by Gasteiger charge is 2.07. The predicted octanol–water partition coefficient (Wildman–Crippen LogP) is 1.87. The molecule has 0 bridgehead atoms. The summed E-state index contributed by atoms with van der Waals surface area (Å²) in [6.45, 7) is 6.35. The minimum absolute atomic E-state index is 0.160. The molecule has 0 fully saturated rings. The zero-order valence-corrected chi connectivity index (χ0v) is 8.90. The van der Waals surface area contributed by atoms with Crippen LogP contribution in [-0.2, 0) is 0 Å². The minimum Gasteiger partial charge on any atom is -0.474 e. The van der Waals surface area contributed by atoms with E-state index in [4.69, 9.17) is 10.5 Å². The van der Waals surface area contributed by atoms with Crippen molar-refractivity contribution < 1.29 is 4.74 Å². The number of nitrogen functional groups attached to an aromatic ring is 1. The SMILES string of the molecule is CC(C)CC(C)Oc1ccc(N)nn1. The van der Waals surface area contributed by atoms with Crippen LogP contribution in [-0.4, -0.2) is 16.3 Å². The standard InChI is InChI=1S/C10H17N3O/c1-7(2)6-8(3)14-10-5-4-9(11)12-13-10/h4-5,7-8H,6H2,1-3H3,(H2,11,12). The topological polar surface area (TPSA) is 61.0 Å². The van der Waals surface area contributed by atoms with Gasteiger partial charge in [-0.1, -0.05) is 13.8 Å². The van der Waals surface area contributed by atoms with Gasteiger partial charge in [-0.2, -0.15) is 0 Å². The number of nitrogens with zero attached hydrogens (tertiary/aromatic N) is 2. The van der Waals surface area contributed by atoms with Gasteiger partial charge in [-0.25, -0.2) is 0 Å². The molecule has 14 heavy (non-hydrogen) atoms. The fourth-order valence-electron chi connectivity index (χ4n) is 1.31. The molecule has 0 radical (unpaired) electrons. The van der Waals surface area contributed by atoms with Crippen LogP contribution in [0.15, 0.2) is 12.1 Å². The van der Waals surface area contributed by atoms with Crippen molar-refractivity contribution in [1.82, 2.24) is 10.2 Å². The number of rotatable bonds is 4. The quantitative estimate of drug-likeness (QED) is 0.796. The number of nitrogens with two attached hydrogens (primary N) is 1. The Morgan fingerprint density at radius 3 is 2.50 bits per heavy atom. The summed E-state index contributed by atoms with van der Waals surface area (Å²) in [5.74, 6) is 1.56. The minimum atomic E-state index is 0.160. The van der Waals surface area contributed by atoms with E-state index in [2.05, 4.69) is 24.0 Å². The van der Waals surface area contributed by atoms with Gasteiger partial charge in [0.15, 0.2) is 0 Å². The van der Waals surface area contributed by atoms with Gasteiger partial charge in [-0.15, -0.1) is 10.2 Å². The van der Waals surface area contributed by atoms with Gasteiger partial charge in [0.2, 0.25) is 5.88 Å². The third kappa shape index (κ3) is 3.60. The van der Waals surface area contributed by atoms with Crippen LogP contribution < -0.4 is 10.5 Å². The number of aromatic nitrogens is 2. The third-order valence-electron chi connectivity index (χ3n) is 1.79. The lowest BCUT2D eigenvalue weighted by Gasteiger charge is -2.15. The van der Waals surface area contributed by atoms with Crippen LogP contribution in [0.2, 0.25) is 0 Å². The second-order valence-corrected chi connectivity index (χ2v) is 3.85. The maximum Gasteiger partial charge on any atom is 0.233 e. The molecule has 78 valence electrons. The Balaban J connectivity index is 2.47. The average molecular weight is 195 g/mol. The molecule has 1 aromatic heterocycles. The zero-order chi connectivity index (χ0) is 10.6. The Morgan fingerprint density at radius 1 is 1.29 bits per heavy atom. The second kappa shape index (κ2) is 4.79. The summed E-state index contributed by atoms with van der Waals surface area (Å²) in [4.78, 5) is 0. The molecule has 1 heterocycles. The van der Waals surface area contributed by atoms with Crippen molar-refractivity contribution in [3.63, 3.8) is 0 Å². The van der Waals surface area contributed by atoms with E-state index in [1.54, 1.807) is 12.1 Å². The van der Waals surface area contributed by atoms with E-state index in [-0.39, 0.29) is 6.10 Å². The molecule has 0 amide bonds. The Bertz CT molecular complexity index is 271. The zero-order valence-electron chi connectivity index (χ0n) is 8.90. The fraction of sp³-hybridized carbons (Fsp3) is 0.600. The third-order valence-corrected chi connectivity index (χ3v) is 1.79. The van der Waals surface area contributed by atoms with E-state index in [0.717, 1.165) is 6.42 Å². The number of ether oxygens (including phenoxy) is 1. The van der Waals surface area contributed by atoms with Crippen LogP contribution in [0.5, 0.6) is 5.88 Å². The maximum absolute atomic E-state index is 5.55. The van der Waals surface area contributed by atoms with Gasteiger partial charge in [0.05, 0.1) is 6.10 Å². The van der Waals surface area contributed by atoms with Crippen LogP contribution in [0.4, 0.5) is 5.82 Å². The highest BCUT2D eigenvalue weighted by Crippen LogP contribution is 2.12. The van der Waals surface area contributed by atoms with Crippen LogP contribution in [0, 0.1) is 5.92 Å². The molecular weight excluding hydrogens is 178 g/mol. The largest absolute Gasteiger partial charge is 0.474 e. The monoisotopic (exact) mass is 195 g/mol. The van der Waals surface area contributed by atoms with Crippen molar-refractivity contribution in [3.8, 4) is 5.88 Å². The average Bonchev–Trinajstić information content (AvgIpc) is 2.07. The van der Waals surface area contributed by atoms with Gasteiger partial charge in [0.25, 0.3) is 0 Å². The molecular formula is C10H17N3O. The first-order chi connectivity index (χ1) is 6.58. The molecule has 0 aromatic carbocycles. The van der Waals surface area contributed by atoms with E-state index < -0.39 is 0 Å². The summed E-state index contributed by atoms with van der Waals surface area (Å²) in [7, 11) is 0. The van der Waals surface area contributed by atoms with Gasteiger partial charge in [0, 0.05) is 6.07 Å². The van der Waals surface area contributed by atoms with Crippen molar-refractivity contribution in [2.75, 3.05) is 5.73 Å². The van der Waals surface area contributed by atoms with E-state index in [1.807, 2.05) is 6.92 Å². The normalized spacial score (nSPS) is 12.9. The molecule has 1 atom stereocenters. The Hall–Kier alpha value is -1.32. The highest BCUT2D eigenvalue weighted by atomic mass is 16.5. The molecule has 4 nitrogen and oxygen atoms in total. The molecule has 2 N–H and O–H groups in total. The molecule has 0 saturated carbocycles. The molecule has 0 aliphatic carbocycles. The summed E-state index contributed by atoms with van der Waals surface area (Å²) < 4.78 is 5.55. The summed E-state index contributed by atoms with van der Waals surface area (Å²) in [6, 6.07) is 3.42. The van der Waals surface area contributed by atoms with Crippen molar-refractivity contribution in [1.29, 1.82) is 0 Å². The fourth-order valence-corrected chi connectivity index (χ4v) is 1.31. The molecule has 1 rings (SSSR count). The molecule has 4 heteroatoms. The molecule has 0 aliphatic heterocycles. The molecule has 0 spiro atoms. The van der Waals surface area contributed by atoms with Gasteiger partial charge in [-0.05, 0) is 25.3 Å². The molecule has 0 saturated heterocycles. The molecule has 1 unspecified atom stereocenters. The molecule has 0 aliphatic rings. The van der Waals surface area contributed by atoms with Gasteiger partial charge in [-0.3, -0.25) is 0 Å². The van der Waals surface area contributed by atoms with Crippen LogP contribution in [0.1, 0.15) is 27.2 Å². The highest BCUT2D eigenvalue weighted by molar-refractivity contribution is 5.27. The lowest BCUT2D eigenvalue weighted by molar-refractivity contribution is 0.184. The predicted molar refractivity (Wildman–Crippen MR) is 56.0 cm³/mol. The first-order valence-electron chi connectivity index (χ1n) is 4.83. The summed E-state index contributed by atoms with van der Waals surface area (Å²) >= 11 is 0. The van der Waals surface area contributed by atoms with Gasteiger partial charge >= 0.3 is 0 Å². The van der Waals surface area contributed by atoms with E-state index >= 15 is 0 Å². The number of anilines is 1. The molecule has 1 aromatic rings. The Morgan fingerprint density at radius 2 is 2.00 bits per heavy atom. The van der Waals surface area contributed by atoms with E-state index in [0.29, 0.717) is 17.6 Å². The Labute approximate surface area is 84.5 Å². The van der Waals surface area contributed by atoms with Crippen LogP contribution in [0.25, 0.3) is 0 Å². The summed E-state index contributed by atoms with van der Waals surface area (Å²) in [6.07, 6.45) is 1.17. The first-order valence-corrected chi connectivity index (χ1v) is 4.83. The van der Waals surface area contributed by atoms with E-state index in [1.165, 1.54) is 0 Å². The number of hydrogen-bond acceptors (Lipinski definition) is 4. The smallest absolute Gasteiger partial charge is 0.233 e. The van der Waals surface area contributed by atoms with Crippen molar-refractivity contribution in [3.05, 3.63) is 12.1 Å². The number of hydrogen-bond donors (Lipinski definition) is 1. The summed E-state index contributed by atoms with van der Waals surface area (Å²) in [5.41, 5.74) is 5.41. The second-order valence-electron chi connectivity index (χ2n) is 3.85. The van der Waals surface area contributed by atoms with Crippen molar-refractivity contribution >= 4 is 5.82 Å². The van der Waals surface area contributed by atoms with E-state index in [9.17, 15) is 0 Å². The maximum atomic E-state index is 5.55. The van der Waals surface area contributed by atoms with Crippen molar-refractivity contribution in [2.45, 2.75) is 33.3 Å². The van der Waals surface area contributed by atoms with Crippen LogP contribution in [0.3, 0.4) is 0 Å². The van der Waals surface area contributed by atoms with Gasteiger partial charge in [0.1, 0.15) is 5.82 Å². The first kappa shape index (κ1) is 10.8. The lowest BCUT2D eigenvalue weighted by Crippen LogP contribution is -2.15. The lowest BCUT2D eigenvalue weighted by atomic mass is 10.1. The summed E-state index contributed by atoms with van der Waals surface area (Å²) in [5, 5.41) is 7.54.